The van der Waals surface area contributed by atoms with Crippen LogP contribution in [0.1, 0.15) is 19.0 Å². The van der Waals surface area contributed by atoms with Crippen LogP contribution in [0.2, 0.25) is 0 Å². The fraction of sp³-hybridized carbons (Fsp3) is 0.375. The smallest absolute Gasteiger partial charge is 0.294 e. The van der Waals surface area contributed by atoms with Gasteiger partial charge in [0.05, 0.1) is 0 Å². The molecule has 0 aliphatic heterocycles. The third-order valence-corrected chi connectivity index (χ3v) is 2.10. The fourth-order valence-corrected chi connectivity index (χ4v) is 1.35. The summed E-state index contributed by atoms with van der Waals surface area (Å²) >= 11 is 1.18. The van der Waals surface area contributed by atoms with Crippen molar-refractivity contribution in [2.24, 2.45) is 5.16 Å². The molecule has 0 aliphatic rings. The minimum atomic E-state index is -0.934. The fourth-order valence-electron chi connectivity index (χ4n) is 0.802. The number of nitrogens with two attached hydrogens (primary N) is 1. The van der Waals surface area contributed by atoms with E-state index >= 15 is 0 Å². The summed E-state index contributed by atoms with van der Waals surface area (Å²) in [7, 11) is 0. The van der Waals surface area contributed by atoms with Crippen molar-refractivity contribution >= 4 is 28.1 Å². The Hall–Kier alpha value is -1.63. The molecule has 0 saturated carbocycles. The van der Waals surface area contributed by atoms with E-state index in [1.165, 1.54) is 11.3 Å². The van der Waals surface area contributed by atoms with Gasteiger partial charge in [-0.3, -0.25) is 10.5 Å². The summed E-state index contributed by atoms with van der Waals surface area (Å²) in [6.45, 7) is 2.31. The maximum Gasteiger partial charge on any atom is 0.294 e. The van der Waals surface area contributed by atoms with Crippen molar-refractivity contribution in [3.63, 3.8) is 0 Å². The van der Waals surface area contributed by atoms with Gasteiger partial charge in [0.1, 0.15) is 12.3 Å². The number of anilines is 1. The summed E-state index contributed by atoms with van der Waals surface area (Å²) in [5.74, 6) is -0.934. The molecule has 0 unspecified atom stereocenters. The lowest BCUT2D eigenvalue weighted by molar-refractivity contribution is -0.112. The molecule has 0 atom stereocenters. The molecule has 0 saturated heterocycles. The number of rotatable bonds is 5. The van der Waals surface area contributed by atoms with Crippen LogP contribution < -0.4 is 11.5 Å². The Bertz CT molecular complexity index is 374. The monoisotopic (exact) mass is 227 g/mol. The van der Waals surface area contributed by atoms with Gasteiger partial charge in [-0.1, -0.05) is 12.1 Å². The van der Waals surface area contributed by atoms with E-state index in [4.69, 9.17) is 16.3 Å². The van der Waals surface area contributed by atoms with E-state index in [1.807, 2.05) is 6.92 Å². The lowest BCUT2D eigenvalue weighted by atomic mass is 10.3. The average Bonchev–Trinajstić information content (AvgIpc) is 2.59. The highest BCUT2D eigenvalue weighted by molar-refractivity contribution is 7.13. The summed E-state index contributed by atoms with van der Waals surface area (Å²) in [6, 6.07) is 0. The van der Waals surface area contributed by atoms with Crippen LogP contribution in [0, 0.1) is 0 Å². The number of aromatic nitrogens is 1. The number of nitrogen functional groups attached to an aromatic ring is 1. The molecule has 1 radical (unpaired) electrons. The molecule has 3 N–H and O–H groups in total. The number of hydrogen-bond acceptors (Lipinski definition) is 6. The average molecular weight is 227 g/mol. The third-order valence-electron chi connectivity index (χ3n) is 1.43. The predicted octanol–water partition coefficient (Wildman–Crippen LogP) is 0.666. The molecule has 0 fully saturated rings. The molecule has 7 heteroatoms. The van der Waals surface area contributed by atoms with E-state index in [2.05, 4.69) is 10.1 Å². The topological polar surface area (TPSA) is 101 Å². The van der Waals surface area contributed by atoms with E-state index in [-0.39, 0.29) is 11.4 Å². The maximum absolute atomic E-state index is 10.9. The van der Waals surface area contributed by atoms with Gasteiger partial charge in [-0.15, -0.1) is 11.3 Å². The highest BCUT2D eigenvalue weighted by Gasteiger charge is 2.15. The summed E-state index contributed by atoms with van der Waals surface area (Å²) in [4.78, 5) is 19.6. The Labute approximate surface area is 90.9 Å². The zero-order chi connectivity index (χ0) is 11.3. The first-order valence-corrected chi connectivity index (χ1v) is 5.20. The van der Waals surface area contributed by atoms with Crippen molar-refractivity contribution in [3.8, 4) is 0 Å². The molecule has 0 spiro atoms. The van der Waals surface area contributed by atoms with Crippen LogP contribution in [0.15, 0.2) is 10.5 Å². The molecule has 1 aromatic rings. The van der Waals surface area contributed by atoms with E-state index < -0.39 is 5.91 Å². The SMILES string of the molecule is CCCO/N=C(/C([NH])=O)c1csc(N)n1. The van der Waals surface area contributed by atoms with Gasteiger partial charge in [0, 0.05) is 5.38 Å². The Balaban J connectivity index is 2.83. The second-order valence-electron chi connectivity index (χ2n) is 2.67. The number of thiazole rings is 1. The minimum Gasteiger partial charge on any atom is -0.395 e. The number of amides is 1. The van der Waals surface area contributed by atoms with Crippen molar-refractivity contribution in [1.29, 1.82) is 0 Å². The summed E-state index contributed by atoms with van der Waals surface area (Å²) < 4.78 is 0. The number of nitrogens with one attached hydrogen (secondary N) is 1. The molecule has 81 valence electrons. The Kier molecular flexibility index (Phi) is 4.04. The van der Waals surface area contributed by atoms with Crippen molar-refractivity contribution < 1.29 is 9.63 Å². The van der Waals surface area contributed by atoms with E-state index in [0.717, 1.165) is 6.42 Å². The van der Waals surface area contributed by atoms with Gasteiger partial charge in [0.2, 0.25) is 0 Å². The van der Waals surface area contributed by atoms with E-state index in [1.54, 1.807) is 5.38 Å². The summed E-state index contributed by atoms with van der Waals surface area (Å²) in [5, 5.41) is 5.46. The normalized spacial score (nSPS) is 11.4. The van der Waals surface area contributed by atoms with Crippen molar-refractivity contribution in [2.45, 2.75) is 13.3 Å². The third kappa shape index (κ3) is 3.21. The van der Waals surface area contributed by atoms with Crippen LogP contribution in [0.5, 0.6) is 0 Å². The van der Waals surface area contributed by atoms with Gasteiger partial charge < -0.3 is 10.6 Å². The predicted molar refractivity (Wildman–Crippen MR) is 57.4 cm³/mol. The van der Waals surface area contributed by atoms with Gasteiger partial charge in [0.25, 0.3) is 5.91 Å². The van der Waals surface area contributed by atoms with Crippen molar-refractivity contribution in [3.05, 3.63) is 11.1 Å². The van der Waals surface area contributed by atoms with Crippen LogP contribution in [0.4, 0.5) is 5.13 Å². The lowest BCUT2D eigenvalue weighted by Crippen LogP contribution is -2.17. The Morgan fingerprint density at radius 3 is 3.00 bits per heavy atom. The number of oxime groups is 1. The number of carbonyl (C=O) groups is 1. The van der Waals surface area contributed by atoms with Crippen LogP contribution in [-0.2, 0) is 9.63 Å². The first-order valence-electron chi connectivity index (χ1n) is 4.32. The highest BCUT2D eigenvalue weighted by atomic mass is 32.1. The lowest BCUT2D eigenvalue weighted by Gasteiger charge is -1.98. The molecule has 1 rings (SSSR count). The van der Waals surface area contributed by atoms with Crippen molar-refractivity contribution in [2.75, 3.05) is 12.3 Å². The summed E-state index contributed by atoms with van der Waals surface area (Å²) in [5.41, 5.74) is 12.6. The maximum atomic E-state index is 10.9. The Morgan fingerprint density at radius 1 is 1.80 bits per heavy atom. The van der Waals surface area contributed by atoms with Crippen LogP contribution in [0.3, 0.4) is 0 Å². The molecular weight excluding hydrogens is 216 g/mol. The molecule has 6 nitrogen and oxygen atoms in total. The molecule has 1 amide bonds. The van der Waals surface area contributed by atoms with Gasteiger partial charge in [-0.25, -0.2) is 4.98 Å². The second-order valence-corrected chi connectivity index (χ2v) is 3.56. The number of nitrogens with zero attached hydrogens (tertiary/aromatic N) is 2. The van der Waals surface area contributed by atoms with Gasteiger partial charge in [-0.05, 0) is 6.42 Å². The van der Waals surface area contributed by atoms with Crippen LogP contribution >= 0.6 is 11.3 Å². The molecule has 15 heavy (non-hydrogen) atoms. The number of carbonyl (C=O) groups excluding carboxylic acids is 1. The first-order chi connectivity index (χ1) is 7.15. The minimum absolute atomic E-state index is 0.114. The van der Waals surface area contributed by atoms with Gasteiger partial charge in [0.15, 0.2) is 10.8 Å². The molecule has 0 bridgehead atoms. The molecule has 1 heterocycles. The molecule has 1 aromatic heterocycles. The largest absolute Gasteiger partial charge is 0.395 e. The van der Waals surface area contributed by atoms with E-state index in [9.17, 15) is 4.79 Å². The molecular formula is C8H11N4O2S. The quantitative estimate of drug-likeness (QED) is 0.453. The standard InChI is InChI=1S/C8H11N4O2S/c1-2-3-14-12-6(7(9)13)5-4-15-8(10)11-5/h4,9H,2-3H2,1H3,(H2,10,11)/b12-6+. The molecule has 0 aliphatic carbocycles. The first kappa shape index (κ1) is 11.4. The number of hydrogen-bond donors (Lipinski definition) is 1. The van der Waals surface area contributed by atoms with E-state index in [0.29, 0.717) is 11.7 Å². The second kappa shape index (κ2) is 5.30. The van der Waals surface area contributed by atoms with Crippen LogP contribution in [-0.4, -0.2) is 23.2 Å². The van der Waals surface area contributed by atoms with Crippen molar-refractivity contribution in [1.82, 2.24) is 10.7 Å². The Morgan fingerprint density at radius 2 is 2.53 bits per heavy atom. The molecule has 0 aromatic carbocycles. The van der Waals surface area contributed by atoms with Gasteiger partial charge >= 0.3 is 0 Å². The highest BCUT2D eigenvalue weighted by Crippen LogP contribution is 2.12. The zero-order valence-electron chi connectivity index (χ0n) is 8.19. The van der Waals surface area contributed by atoms with Gasteiger partial charge in [-0.2, -0.15) is 0 Å². The van der Waals surface area contributed by atoms with Crippen LogP contribution in [0.25, 0.3) is 0 Å². The zero-order valence-corrected chi connectivity index (χ0v) is 9.00. The summed E-state index contributed by atoms with van der Waals surface area (Å²) in [6.07, 6.45) is 0.780.